The highest BCUT2D eigenvalue weighted by atomic mass is 19.1. The van der Waals surface area contributed by atoms with Crippen LogP contribution in [-0.4, -0.2) is 17.6 Å². The number of phenolic OH excluding ortho intramolecular Hbond substituents is 1. The summed E-state index contributed by atoms with van der Waals surface area (Å²) in [6, 6.07) is 4.10. The summed E-state index contributed by atoms with van der Waals surface area (Å²) in [5.41, 5.74) is 0.209. The Hall–Kier alpha value is -2.02. The maximum absolute atomic E-state index is 12.8. The molecule has 0 spiro atoms. The van der Waals surface area contributed by atoms with E-state index < -0.39 is 11.6 Å². The van der Waals surface area contributed by atoms with Gasteiger partial charge in [-0.25, -0.2) is 4.39 Å². The molecule has 0 unspecified atom stereocenters. The summed E-state index contributed by atoms with van der Waals surface area (Å²) in [6.07, 6.45) is 0. The fourth-order valence-electron chi connectivity index (χ4n) is 0.924. The number of hydrogen-bond acceptors (Lipinski definition) is 2. The third-order valence-corrected chi connectivity index (χ3v) is 1.64. The molecule has 3 nitrogen and oxygen atoms in total. The van der Waals surface area contributed by atoms with Crippen LogP contribution in [0.5, 0.6) is 5.75 Å². The molecule has 0 aliphatic heterocycles. The van der Waals surface area contributed by atoms with Gasteiger partial charge in [-0.1, -0.05) is 17.9 Å². The Morgan fingerprint density at radius 3 is 3.00 bits per heavy atom. The molecule has 0 heterocycles. The lowest BCUT2D eigenvalue weighted by Crippen LogP contribution is -2.19. The van der Waals surface area contributed by atoms with Gasteiger partial charge in [0, 0.05) is 6.92 Å². The number of aromatic hydroxyl groups is 1. The van der Waals surface area contributed by atoms with E-state index in [-0.39, 0.29) is 18.0 Å². The Balaban J connectivity index is 2.72. The summed E-state index contributed by atoms with van der Waals surface area (Å²) in [4.78, 5) is 10.5. The third kappa shape index (κ3) is 3.31. The number of para-hydroxylation sites is 1. The third-order valence-electron chi connectivity index (χ3n) is 1.64. The molecule has 0 saturated carbocycles. The van der Waals surface area contributed by atoms with Gasteiger partial charge in [-0.15, -0.1) is 0 Å². The molecule has 1 rings (SSSR count). The minimum Gasteiger partial charge on any atom is -0.504 e. The van der Waals surface area contributed by atoms with Gasteiger partial charge in [0.1, 0.15) is 0 Å². The van der Waals surface area contributed by atoms with Gasteiger partial charge in [0.05, 0.1) is 12.1 Å². The highest BCUT2D eigenvalue weighted by Gasteiger charge is 2.02. The minimum absolute atomic E-state index is 0.172. The molecule has 2 N–H and O–H groups in total. The number of phenols is 1. The molecule has 0 saturated heterocycles. The average molecular weight is 207 g/mol. The largest absolute Gasteiger partial charge is 0.504 e. The van der Waals surface area contributed by atoms with Crippen molar-refractivity contribution in [3.63, 3.8) is 0 Å². The van der Waals surface area contributed by atoms with Crippen molar-refractivity contribution in [1.29, 1.82) is 0 Å². The van der Waals surface area contributed by atoms with Crippen molar-refractivity contribution in [3.8, 4) is 17.6 Å². The minimum atomic E-state index is -0.707. The van der Waals surface area contributed by atoms with Crippen molar-refractivity contribution in [2.45, 2.75) is 6.92 Å². The molecule has 15 heavy (non-hydrogen) atoms. The van der Waals surface area contributed by atoms with Crippen molar-refractivity contribution < 1.29 is 14.3 Å². The number of benzene rings is 1. The second-order valence-corrected chi connectivity index (χ2v) is 2.85. The first-order chi connectivity index (χ1) is 7.11. The van der Waals surface area contributed by atoms with Crippen LogP contribution in [0, 0.1) is 17.7 Å². The van der Waals surface area contributed by atoms with Crippen LogP contribution in [0.3, 0.4) is 0 Å². The molecular formula is C11H10FNO2. The quantitative estimate of drug-likeness (QED) is 0.675. The Kier molecular flexibility index (Phi) is 3.69. The van der Waals surface area contributed by atoms with E-state index in [1.54, 1.807) is 0 Å². The maximum atomic E-state index is 12.8. The van der Waals surface area contributed by atoms with Crippen molar-refractivity contribution >= 4 is 5.91 Å². The van der Waals surface area contributed by atoms with E-state index in [0.717, 1.165) is 6.07 Å². The number of carbonyl (C=O) groups excluding carboxylic acids is 1. The second kappa shape index (κ2) is 5.01. The molecule has 1 aromatic carbocycles. The first-order valence-corrected chi connectivity index (χ1v) is 4.32. The van der Waals surface area contributed by atoms with E-state index in [2.05, 4.69) is 17.2 Å². The predicted octanol–water partition coefficient (Wildman–Crippen LogP) is 1.02. The summed E-state index contributed by atoms with van der Waals surface area (Å²) in [7, 11) is 0. The number of hydrogen-bond donors (Lipinski definition) is 2. The standard InChI is InChI=1S/C11H10FNO2/c1-8(14)13-7-3-5-9-4-2-6-10(12)11(9)15/h2,4,6,15H,7H2,1H3,(H,13,14). The Labute approximate surface area is 86.9 Å². The molecule has 0 aliphatic rings. The summed E-state index contributed by atoms with van der Waals surface area (Å²) in [5.74, 6) is 3.79. The lowest BCUT2D eigenvalue weighted by atomic mass is 10.2. The number of nitrogens with one attached hydrogen (secondary N) is 1. The fraction of sp³-hybridized carbons (Fsp3) is 0.182. The van der Waals surface area contributed by atoms with E-state index in [1.165, 1.54) is 19.1 Å². The Bertz CT molecular complexity index is 432. The maximum Gasteiger partial charge on any atom is 0.217 e. The Morgan fingerprint density at radius 2 is 2.33 bits per heavy atom. The number of halogens is 1. The zero-order valence-corrected chi connectivity index (χ0v) is 8.17. The van der Waals surface area contributed by atoms with Crippen LogP contribution in [0.15, 0.2) is 18.2 Å². The molecule has 0 fully saturated rings. The zero-order valence-electron chi connectivity index (χ0n) is 8.17. The molecule has 4 heteroatoms. The fourth-order valence-corrected chi connectivity index (χ4v) is 0.924. The SMILES string of the molecule is CC(=O)NCC#Cc1cccc(F)c1O. The van der Waals surface area contributed by atoms with Crippen molar-refractivity contribution in [2.24, 2.45) is 0 Å². The lowest BCUT2D eigenvalue weighted by molar-refractivity contribution is -0.118. The van der Waals surface area contributed by atoms with Gasteiger partial charge >= 0.3 is 0 Å². The van der Waals surface area contributed by atoms with E-state index in [9.17, 15) is 14.3 Å². The van der Waals surface area contributed by atoms with Crippen LogP contribution in [0.4, 0.5) is 4.39 Å². The molecule has 1 amide bonds. The molecule has 0 atom stereocenters. The number of amides is 1. The lowest BCUT2D eigenvalue weighted by Gasteiger charge is -1.97. The van der Waals surface area contributed by atoms with E-state index in [4.69, 9.17) is 0 Å². The topological polar surface area (TPSA) is 49.3 Å². The van der Waals surface area contributed by atoms with Gasteiger partial charge in [-0.05, 0) is 12.1 Å². The first kappa shape index (κ1) is 11.1. The smallest absolute Gasteiger partial charge is 0.217 e. The van der Waals surface area contributed by atoms with Crippen LogP contribution in [0.1, 0.15) is 12.5 Å². The summed E-state index contributed by atoms with van der Waals surface area (Å²) < 4.78 is 12.8. The van der Waals surface area contributed by atoms with Crippen molar-refractivity contribution in [2.75, 3.05) is 6.54 Å². The Morgan fingerprint density at radius 1 is 1.60 bits per heavy atom. The van der Waals surface area contributed by atoms with Gasteiger partial charge in [-0.2, -0.15) is 0 Å². The van der Waals surface area contributed by atoms with Gasteiger partial charge in [0.25, 0.3) is 0 Å². The molecular weight excluding hydrogens is 197 g/mol. The van der Waals surface area contributed by atoms with Crippen LogP contribution in [0.25, 0.3) is 0 Å². The molecule has 0 bridgehead atoms. The van der Waals surface area contributed by atoms with Crippen LogP contribution >= 0.6 is 0 Å². The summed E-state index contributed by atoms with van der Waals surface area (Å²) in [5, 5.41) is 11.7. The predicted molar refractivity (Wildman–Crippen MR) is 53.6 cm³/mol. The number of rotatable bonds is 1. The highest BCUT2D eigenvalue weighted by Crippen LogP contribution is 2.18. The monoisotopic (exact) mass is 207 g/mol. The van der Waals surface area contributed by atoms with Crippen LogP contribution in [0.2, 0.25) is 0 Å². The average Bonchev–Trinajstić information content (AvgIpc) is 2.18. The summed E-state index contributed by atoms with van der Waals surface area (Å²) >= 11 is 0. The molecule has 0 radical (unpaired) electrons. The van der Waals surface area contributed by atoms with E-state index in [0.29, 0.717) is 0 Å². The van der Waals surface area contributed by atoms with E-state index in [1.807, 2.05) is 0 Å². The van der Waals surface area contributed by atoms with Gasteiger partial charge < -0.3 is 10.4 Å². The molecule has 1 aromatic rings. The van der Waals surface area contributed by atoms with Crippen molar-refractivity contribution in [1.82, 2.24) is 5.32 Å². The normalized spacial score (nSPS) is 8.93. The van der Waals surface area contributed by atoms with Crippen LogP contribution in [-0.2, 0) is 4.79 Å². The van der Waals surface area contributed by atoms with E-state index >= 15 is 0 Å². The zero-order chi connectivity index (χ0) is 11.3. The highest BCUT2D eigenvalue weighted by molar-refractivity contribution is 5.73. The van der Waals surface area contributed by atoms with Gasteiger partial charge in [-0.3, -0.25) is 4.79 Å². The van der Waals surface area contributed by atoms with Gasteiger partial charge in [0.15, 0.2) is 11.6 Å². The van der Waals surface area contributed by atoms with Crippen molar-refractivity contribution in [3.05, 3.63) is 29.6 Å². The molecule has 0 aliphatic carbocycles. The second-order valence-electron chi connectivity index (χ2n) is 2.85. The number of carbonyl (C=O) groups is 1. The van der Waals surface area contributed by atoms with Gasteiger partial charge in [0.2, 0.25) is 5.91 Å². The first-order valence-electron chi connectivity index (χ1n) is 4.32. The summed E-state index contributed by atoms with van der Waals surface area (Å²) in [6.45, 7) is 1.55. The molecule has 78 valence electrons. The van der Waals surface area contributed by atoms with Crippen LogP contribution < -0.4 is 5.32 Å². The molecule has 0 aromatic heterocycles.